The molecule has 0 aromatic rings. The first-order chi connectivity index (χ1) is 1.73. The molecule has 0 aliphatic carbocycles. The normalized spacial score (nSPS) is 3.43. The van der Waals surface area contributed by atoms with Gasteiger partial charge < -0.3 is 10.2 Å². The summed E-state index contributed by atoms with van der Waals surface area (Å²) in [6, 6.07) is 0. The minimum Gasteiger partial charge on any atom is 0 e. The molecule has 0 spiro atoms. The van der Waals surface area contributed by atoms with Crippen molar-refractivity contribution < 1.29 is 48.6 Å². The second-order valence-electron chi connectivity index (χ2n) is 0.283. The van der Waals surface area contributed by atoms with E-state index in [1.165, 1.54) is 0 Å². The van der Waals surface area contributed by atoms with Gasteiger partial charge in [-0.2, -0.15) is 0 Å². The summed E-state index contributed by atoms with van der Waals surface area (Å²) < 4.78 is 0. The summed E-state index contributed by atoms with van der Waals surface area (Å²) >= 11 is 0. The molecule has 0 rings (SSSR count). The third kappa shape index (κ3) is 211. The van der Waals surface area contributed by atoms with Crippen LogP contribution in [0, 0.1) is 0 Å². The molecule has 0 atom stereocenters. The molecule has 3 nitrogen and oxygen atoms in total. The van der Waals surface area contributed by atoms with Crippen molar-refractivity contribution >= 4 is 25.0 Å². The molecule has 6 heteroatoms. The maximum atomic E-state index is 8.56. The Kier molecular flexibility index (Phi) is 55.9. The number of carboxylic acid groups (broad SMARTS) is 2. The van der Waals surface area contributed by atoms with Crippen LogP contribution in [0.15, 0.2) is 0 Å². The van der Waals surface area contributed by atoms with E-state index in [0.29, 0.717) is 0 Å². The van der Waals surface area contributed by atoms with Gasteiger partial charge in [0, 0.05) is 33.6 Å². The van der Waals surface area contributed by atoms with Crippen LogP contribution in [0.3, 0.4) is 0 Å². The van der Waals surface area contributed by atoms with Crippen LogP contribution < -0.4 is 0 Å². The minimum absolute atomic E-state index is 0. The second-order valence-corrected chi connectivity index (χ2v) is 0.283. The molecule has 43 valence electrons. The molecule has 0 aliphatic rings. The van der Waals surface area contributed by atoms with E-state index in [0.717, 1.165) is 0 Å². The molecule has 0 saturated carbocycles. The predicted molar refractivity (Wildman–Crippen MR) is 17.8 cm³/mol. The third-order valence-corrected chi connectivity index (χ3v) is 0. The number of hydrogen-bond donors (Lipinski definition) is 2. The Balaban J connectivity index is -0.0000000150. The SMILES string of the molecule is O=C(O)O.[LiH].[Mn].[Ni]. The van der Waals surface area contributed by atoms with E-state index in [1.807, 2.05) is 0 Å². The molecule has 7 heavy (non-hydrogen) atoms. The topological polar surface area (TPSA) is 57.5 Å². The van der Waals surface area contributed by atoms with Crippen LogP contribution >= 0.6 is 0 Å². The monoisotopic (exact) mass is 183 g/mol. The zero-order valence-electron chi connectivity index (χ0n) is 2.50. The van der Waals surface area contributed by atoms with Gasteiger partial charge >= 0.3 is 25.0 Å². The molecule has 0 aromatic heterocycles. The summed E-state index contributed by atoms with van der Waals surface area (Å²) in [4.78, 5) is 8.56. The van der Waals surface area contributed by atoms with E-state index < -0.39 is 6.16 Å². The first kappa shape index (κ1) is 24.8. The minimum atomic E-state index is -1.83. The van der Waals surface area contributed by atoms with Crippen molar-refractivity contribution in [3.05, 3.63) is 0 Å². The second kappa shape index (κ2) is 15.8. The van der Waals surface area contributed by atoms with Crippen molar-refractivity contribution in [1.29, 1.82) is 0 Å². The average Bonchev–Trinajstić information content (AvgIpc) is 0.811. The fraction of sp³-hybridized carbons (Fsp3) is 0. The Morgan fingerprint density at radius 1 is 1.29 bits per heavy atom. The number of hydrogen-bond acceptors (Lipinski definition) is 1. The van der Waals surface area contributed by atoms with E-state index in [4.69, 9.17) is 15.0 Å². The van der Waals surface area contributed by atoms with Crippen molar-refractivity contribution in [3.63, 3.8) is 0 Å². The molecule has 0 fully saturated rings. The van der Waals surface area contributed by atoms with Crippen LogP contribution in [0.25, 0.3) is 0 Å². The molecule has 0 heterocycles. The quantitative estimate of drug-likeness (QED) is 0.501. The Morgan fingerprint density at radius 2 is 1.29 bits per heavy atom. The Bertz CT molecular complexity index is 37.9. The Labute approximate surface area is 73.4 Å². The van der Waals surface area contributed by atoms with E-state index in [1.54, 1.807) is 0 Å². The van der Waals surface area contributed by atoms with Crippen molar-refractivity contribution in [1.82, 2.24) is 0 Å². The van der Waals surface area contributed by atoms with Gasteiger partial charge in [-0.3, -0.25) is 0 Å². The molecule has 1 radical (unpaired) electrons. The van der Waals surface area contributed by atoms with E-state index in [9.17, 15) is 0 Å². The van der Waals surface area contributed by atoms with Crippen molar-refractivity contribution in [3.8, 4) is 0 Å². The number of rotatable bonds is 0. The first-order valence-electron chi connectivity index (χ1n) is 0.651. The molecule has 0 saturated heterocycles. The predicted octanol–water partition coefficient (Wildman–Crippen LogP) is -0.431. The van der Waals surface area contributed by atoms with Crippen LogP contribution in [-0.2, 0) is 33.6 Å². The van der Waals surface area contributed by atoms with Crippen molar-refractivity contribution in [2.75, 3.05) is 0 Å². The van der Waals surface area contributed by atoms with Gasteiger partial charge in [0.2, 0.25) is 0 Å². The fourth-order valence-corrected chi connectivity index (χ4v) is 0. The smallest absolute Gasteiger partial charge is 0 e. The summed E-state index contributed by atoms with van der Waals surface area (Å²) in [7, 11) is 0. The third-order valence-electron chi connectivity index (χ3n) is 0. The Morgan fingerprint density at radius 3 is 1.29 bits per heavy atom. The summed E-state index contributed by atoms with van der Waals surface area (Å²) in [5.74, 6) is 0. The van der Waals surface area contributed by atoms with Crippen molar-refractivity contribution in [2.24, 2.45) is 0 Å². The molecule has 0 amide bonds. The van der Waals surface area contributed by atoms with Gasteiger partial charge in [-0.25, -0.2) is 4.79 Å². The van der Waals surface area contributed by atoms with Crippen LogP contribution in [0.2, 0.25) is 0 Å². The summed E-state index contributed by atoms with van der Waals surface area (Å²) in [5, 5.41) is 13.9. The van der Waals surface area contributed by atoms with Gasteiger partial charge in [-0.15, -0.1) is 0 Å². The molecule has 0 aromatic carbocycles. The van der Waals surface area contributed by atoms with Gasteiger partial charge in [0.05, 0.1) is 0 Å². The van der Waals surface area contributed by atoms with E-state index >= 15 is 0 Å². The molecule has 2 N–H and O–H groups in total. The summed E-state index contributed by atoms with van der Waals surface area (Å²) in [5.41, 5.74) is 0. The van der Waals surface area contributed by atoms with Crippen LogP contribution in [0.4, 0.5) is 4.79 Å². The zero-order chi connectivity index (χ0) is 3.58. The molecular formula is CH3LiMnNiO3. The largest absolute Gasteiger partial charge is 0 e. The molecular weight excluding hydrogens is 181 g/mol. The van der Waals surface area contributed by atoms with Gasteiger partial charge in [-0.05, 0) is 0 Å². The van der Waals surface area contributed by atoms with Gasteiger partial charge in [0.1, 0.15) is 0 Å². The van der Waals surface area contributed by atoms with Crippen LogP contribution in [-0.4, -0.2) is 35.2 Å². The standard InChI is InChI=1S/CH2O3.Li.Mn.Ni.H/c2-1(3)4;;;;/h(H2,2,3,4);;;;. The molecule has 0 aliphatic heterocycles. The zero-order valence-corrected chi connectivity index (χ0v) is 4.66. The maximum Gasteiger partial charge on any atom is 0 e. The van der Waals surface area contributed by atoms with Gasteiger partial charge in [0.15, 0.2) is 0 Å². The van der Waals surface area contributed by atoms with E-state index in [-0.39, 0.29) is 52.4 Å². The van der Waals surface area contributed by atoms with Gasteiger partial charge in [0.25, 0.3) is 0 Å². The fourth-order valence-electron chi connectivity index (χ4n) is 0. The maximum absolute atomic E-state index is 8.56. The molecule has 0 bridgehead atoms. The first-order valence-corrected chi connectivity index (χ1v) is 0.651. The van der Waals surface area contributed by atoms with Crippen molar-refractivity contribution in [2.45, 2.75) is 0 Å². The summed E-state index contributed by atoms with van der Waals surface area (Å²) in [6.07, 6.45) is -1.83. The van der Waals surface area contributed by atoms with Crippen LogP contribution in [0.1, 0.15) is 0 Å². The number of carbonyl (C=O) groups is 1. The Hall–Kier alpha value is 0.880. The summed E-state index contributed by atoms with van der Waals surface area (Å²) in [6.45, 7) is 0. The van der Waals surface area contributed by atoms with Crippen LogP contribution in [0.5, 0.6) is 0 Å². The molecule has 0 unspecified atom stereocenters. The van der Waals surface area contributed by atoms with E-state index in [2.05, 4.69) is 0 Å². The average molecular weight is 184 g/mol. The van der Waals surface area contributed by atoms with Gasteiger partial charge in [-0.1, -0.05) is 0 Å².